The van der Waals surface area contributed by atoms with E-state index in [1.165, 1.54) is 19.3 Å². The molecule has 0 aromatic heterocycles. The topological polar surface area (TPSA) is 55.4 Å². The van der Waals surface area contributed by atoms with Crippen LogP contribution in [0, 0.1) is 17.8 Å². The molecule has 0 radical (unpaired) electrons. The van der Waals surface area contributed by atoms with Gasteiger partial charge in [-0.15, -0.1) is 0 Å². The summed E-state index contributed by atoms with van der Waals surface area (Å²) in [5, 5.41) is 3.18. The lowest BCUT2D eigenvalue weighted by Crippen LogP contribution is -2.60. The normalized spacial score (nSPS) is 28.9. The van der Waals surface area contributed by atoms with Crippen LogP contribution < -0.4 is 10.1 Å². The minimum absolute atomic E-state index is 0.114. The maximum absolute atomic E-state index is 12.7. The van der Waals surface area contributed by atoms with Gasteiger partial charge in [0.15, 0.2) is 0 Å². The van der Waals surface area contributed by atoms with E-state index >= 15 is 0 Å². The number of carbonyl (C=O) groups excluding carboxylic acids is 2. The molecule has 4 fully saturated rings. The standard InChI is InChI=1S/C26H29NO3/c28-24(25(29)27-26-14-20-10-21(15-26)12-22(11-20)16-26)13-18-6-8-23(9-7-18)30-17-19-4-2-1-3-5-19/h1-9,20-22H,10-17H2,(H,27,29). The van der Waals surface area contributed by atoms with Gasteiger partial charge in [-0.05, 0) is 79.5 Å². The van der Waals surface area contributed by atoms with Crippen LogP contribution in [0.1, 0.15) is 49.7 Å². The number of amides is 1. The molecule has 4 saturated carbocycles. The highest BCUT2D eigenvalue weighted by Gasteiger charge is 2.51. The van der Waals surface area contributed by atoms with Gasteiger partial charge in [0, 0.05) is 12.0 Å². The van der Waals surface area contributed by atoms with E-state index in [2.05, 4.69) is 5.32 Å². The Kier molecular flexibility index (Phi) is 5.10. The van der Waals surface area contributed by atoms with Crippen LogP contribution in [0.5, 0.6) is 5.75 Å². The van der Waals surface area contributed by atoms with E-state index in [9.17, 15) is 9.59 Å². The molecule has 4 aliphatic carbocycles. The van der Waals surface area contributed by atoms with Gasteiger partial charge in [0.25, 0.3) is 5.91 Å². The van der Waals surface area contributed by atoms with Crippen molar-refractivity contribution in [3.05, 3.63) is 65.7 Å². The molecule has 2 aromatic carbocycles. The summed E-state index contributed by atoms with van der Waals surface area (Å²) in [7, 11) is 0. The quantitative estimate of drug-likeness (QED) is 0.695. The molecule has 156 valence electrons. The Labute approximate surface area is 178 Å². The van der Waals surface area contributed by atoms with E-state index in [0.29, 0.717) is 6.61 Å². The first-order valence-corrected chi connectivity index (χ1v) is 11.2. The van der Waals surface area contributed by atoms with Crippen molar-refractivity contribution in [3.8, 4) is 5.75 Å². The van der Waals surface area contributed by atoms with Crippen molar-refractivity contribution in [2.45, 2.75) is 57.1 Å². The van der Waals surface area contributed by atoms with Crippen molar-refractivity contribution in [1.82, 2.24) is 5.32 Å². The third kappa shape index (κ3) is 4.14. The van der Waals surface area contributed by atoms with Crippen molar-refractivity contribution in [1.29, 1.82) is 0 Å². The number of carbonyl (C=O) groups is 2. The molecule has 4 aliphatic rings. The van der Waals surface area contributed by atoms with Gasteiger partial charge >= 0.3 is 0 Å². The summed E-state index contributed by atoms with van der Waals surface area (Å²) in [5.41, 5.74) is 1.84. The Morgan fingerprint density at radius 3 is 2.03 bits per heavy atom. The predicted octanol–water partition coefficient (Wildman–Crippen LogP) is 4.46. The van der Waals surface area contributed by atoms with Gasteiger partial charge in [0.1, 0.15) is 12.4 Å². The maximum atomic E-state index is 12.7. The Hall–Kier alpha value is -2.62. The summed E-state index contributed by atoms with van der Waals surface area (Å²) in [6.45, 7) is 0.507. The van der Waals surface area contributed by atoms with E-state index in [1.807, 2.05) is 54.6 Å². The van der Waals surface area contributed by atoms with Crippen molar-refractivity contribution in [3.63, 3.8) is 0 Å². The summed E-state index contributed by atoms with van der Waals surface area (Å²) < 4.78 is 5.79. The summed E-state index contributed by atoms with van der Waals surface area (Å²) in [6.07, 6.45) is 7.28. The molecular formula is C26H29NO3. The van der Waals surface area contributed by atoms with Gasteiger partial charge in [-0.1, -0.05) is 42.5 Å². The van der Waals surface area contributed by atoms with Crippen LogP contribution in [0.15, 0.2) is 54.6 Å². The third-order valence-corrected chi connectivity index (χ3v) is 7.21. The van der Waals surface area contributed by atoms with Gasteiger partial charge in [-0.2, -0.15) is 0 Å². The van der Waals surface area contributed by atoms with Crippen LogP contribution in [0.3, 0.4) is 0 Å². The van der Waals surface area contributed by atoms with Crippen LogP contribution >= 0.6 is 0 Å². The maximum Gasteiger partial charge on any atom is 0.288 e. The van der Waals surface area contributed by atoms with Crippen molar-refractivity contribution in [2.75, 3.05) is 0 Å². The second-order valence-electron chi connectivity index (χ2n) is 9.67. The molecule has 0 saturated heterocycles. The molecule has 4 heteroatoms. The minimum Gasteiger partial charge on any atom is -0.489 e. The largest absolute Gasteiger partial charge is 0.489 e. The van der Waals surface area contributed by atoms with Crippen molar-refractivity contribution < 1.29 is 14.3 Å². The zero-order chi connectivity index (χ0) is 20.6. The Morgan fingerprint density at radius 1 is 0.833 bits per heavy atom. The number of ether oxygens (including phenoxy) is 1. The number of hydrogen-bond donors (Lipinski definition) is 1. The molecule has 1 amide bonds. The van der Waals surface area contributed by atoms with Gasteiger partial charge in [0.05, 0.1) is 0 Å². The molecule has 4 bridgehead atoms. The molecule has 0 aliphatic heterocycles. The molecule has 4 nitrogen and oxygen atoms in total. The van der Waals surface area contributed by atoms with Crippen molar-refractivity contribution in [2.24, 2.45) is 17.8 Å². The lowest BCUT2D eigenvalue weighted by Gasteiger charge is -2.56. The lowest BCUT2D eigenvalue weighted by molar-refractivity contribution is -0.141. The van der Waals surface area contributed by atoms with E-state index in [0.717, 1.165) is 53.9 Å². The van der Waals surface area contributed by atoms with E-state index < -0.39 is 5.91 Å². The molecular weight excluding hydrogens is 374 g/mol. The molecule has 30 heavy (non-hydrogen) atoms. The van der Waals surface area contributed by atoms with Gasteiger partial charge in [-0.3, -0.25) is 9.59 Å². The van der Waals surface area contributed by atoms with E-state index in [4.69, 9.17) is 4.74 Å². The minimum atomic E-state index is -0.402. The molecule has 0 heterocycles. The molecule has 0 spiro atoms. The van der Waals surface area contributed by atoms with Gasteiger partial charge < -0.3 is 10.1 Å². The Morgan fingerprint density at radius 2 is 1.43 bits per heavy atom. The smallest absolute Gasteiger partial charge is 0.288 e. The molecule has 6 rings (SSSR count). The second kappa shape index (κ2) is 7.90. The average molecular weight is 404 g/mol. The van der Waals surface area contributed by atoms with Crippen LogP contribution in [0.2, 0.25) is 0 Å². The first-order valence-electron chi connectivity index (χ1n) is 11.2. The first-order chi connectivity index (χ1) is 14.6. The molecule has 0 unspecified atom stereocenters. The number of nitrogens with one attached hydrogen (secondary N) is 1. The monoisotopic (exact) mass is 403 g/mol. The number of rotatable bonds is 7. The Balaban J connectivity index is 1.15. The van der Waals surface area contributed by atoms with Crippen LogP contribution in [0.25, 0.3) is 0 Å². The fourth-order valence-corrected chi connectivity index (χ4v) is 6.28. The number of Topliss-reactive ketones (excluding diaryl/α,β-unsaturated/α-hetero) is 1. The molecule has 1 N–H and O–H groups in total. The highest BCUT2D eigenvalue weighted by atomic mass is 16.5. The van der Waals surface area contributed by atoms with Gasteiger partial charge in [-0.25, -0.2) is 0 Å². The lowest BCUT2D eigenvalue weighted by atomic mass is 9.53. The van der Waals surface area contributed by atoms with Crippen molar-refractivity contribution >= 4 is 11.7 Å². The van der Waals surface area contributed by atoms with Crippen LogP contribution in [-0.2, 0) is 22.6 Å². The molecule has 2 aromatic rings. The highest BCUT2D eigenvalue weighted by Crippen LogP contribution is 2.55. The van der Waals surface area contributed by atoms with Gasteiger partial charge in [0.2, 0.25) is 5.78 Å². The zero-order valence-electron chi connectivity index (χ0n) is 17.3. The number of hydrogen-bond acceptors (Lipinski definition) is 3. The Bertz CT molecular complexity index is 884. The first kappa shape index (κ1) is 19.3. The third-order valence-electron chi connectivity index (χ3n) is 7.21. The van der Waals surface area contributed by atoms with E-state index in [1.54, 1.807) is 0 Å². The fraction of sp³-hybridized carbons (Fsp3) is 0.462. The van der Waals surface area contributed by atoms with Crippen LogP contribution in [-0.4, -0.2) is 17.2 Å². The SMILES string of the molecule is O=C(Cc1ccc(OCc2ccccc2)cc1)C(=O)NC12CC3CC(CC(C3)C1)C2. The molecule has 0 atom stereocenters. The highest BCUT2D eigenvalue weighted by molar-refractivity contribution is 6.36. The van der Waals surface area contributed by atoms with E-state index in [-0.39, 0.29) is 17.7 Å². The average Bonchev–Trinajstić information content (AvgIpc) is 2.72. The summed E-state index contributed by atoms with van der Waals surface area (Å²) >= 11 is 0. The summed E-state index contributed by atoms with van der Waals surface area (Å²) in [5.74, 6) is 2.25. The zero-order valence-corrected chi connectivity index (χ0v) is 17.3. The number of benzene rings is 2. The van der Waals surface area contributed by atoms with Crippen LogP contribution in [0.4, 0.5) is 0 Å². The predicted molar refractivity (Wildman–Crippen MR) is 115 cm³/mol. The summed E-state index contributed by atoms with van der Waals surface area (Å²) in [4.78, 5) is 25.3. The second-order valence-corrected chi connectivity index (χ2v) is 9.67. The number of ketones is 1. The fourth-order valence-electron chi connectivity index (χ4n) is 6.28. The summed E-state index contributed by atoms with van der Waals surface area (Å²) in [6, 6.07) is 17.5.